The number of anilines is 3. The molecular formula is C67H49N. The highest BCUT2D eigenvalue weighted by Gasteiger charge is 2.53. The Hall–Kier alpha value is -8.00. The van der Waals surface area contributed by atoms with Crippen LogP contribution in [0.25, 0.3) is 66.8 Å². The fourth-order valence-electron chi connectivity index (χ4n) is 13.2. The monoisotopic (exact) mass is 867 g/mol. The molecule has 1 nitrogen and oxygen atoms in total. The molecule has 1 heteroatoms. The first-order chi connectivity index (χ1) is 33.2. The zero-order valence-electron chi connectivity index (χ0n) is 38.8. The maximum Gasteiger partial charge on any atom is 0.0725 e. The zero-order valence-corrected chi connectivity index (χ0v) is 38.8. The minimum atomic E-state index is -0.491. The minimum absolute atomic E-state index is 0.0968. The Morgan fingerprint density at radius 2 is 0.721 bits per heavy atom. The standard InChI is InChI=1S/C67H49N/c1-65(2)56-28-16-13-25-53(56)63-59(65)35-36-60-64(63)54-26-14-18-30-58(54)67(60)57-29-17-12-24-50(57)52-33-31-43(40-62(52)67)45-37-44(42-19-7-5-8-20-42)38-48(39-45)68(46-21-9-6-10-22-46)47-32-34-51-49-23-11-15-27-55(49)66(3,4)61(51)41-47/h5-41H,1-4H3. The van der Waals surface area contributed by atoms with Gasteiger partial charge in [0, 0.05) is 27.9 Å². The summed E-state index contributed by atoms with van der Waals surface area (Å²) in [5.41, 5.74) is 29.2. The SMILES string of the molecule is CC1(C)c2ccccc2-c2ccc(N(c3ccccc3)c3cc(-c4ccccc4)cc(-c4ccc5c(c4)C4(c6ccccc6-5)c5ccccc5-c5c4ccc4c5-c5ccccc5C4(C)C)c3)cc21. The summed E-state index contributed by atoms with van der Waals surface area (Å²) in [6.07, 6.45) is 0. The molecule has 10 aromatic carbocycles. The largest absolute Gasteiger partial charge is 0.310 e. The lowest BCUT2D eigenvalue weighted by molar-refractivity contribution is 0.660. The predicted octanol–water partition coefficient (Wildman–Crippen LogP) is 17.4. The van der Waals surface area contributed by atoms with Crippen molar-refractivity contribution in [1.82, 2.24) is 0 Å². The van der Waals surface area contributed by atoms with Crippen molar-refractivity contribution in [3.05, 3.63) is 269 Å². The molecule has 0 fully saturated rings. The van der Waals surface area contributed by atoms with Crippen molar-refractivity contribution in [2.24, 2.45) is 0 Å². The number of benzene rings is 10. The zero-order chi connectivity index (χ0) is 45.5. The third kappa shape index (κ3) is 5.17. The van der Waals surface area contributed by atoms with Crippen LogP contribution in [0.15, 0.2) is 224 Å². The van der Waals surface area contributed by atoms with Gasteiger partial charge in [0.15, 0.2) is 0 Å². The molecule has 4 aliphatic rings. The van der Waals surface area contributed by atoms with Crippen molar-refractivity contribution >= 4 is 17.1 Å². The van der Waals surface area contributed by atoms with Crippen LogP contribution in [0.4, 0.5) is 17.1 Å². The molecule has 1 spiro atoms. The van der Waals surface area contributed by atoms with E-state index in [4.69, 9.17) is 0 Å². The second kappa shape index (κ2) is 14.0. The summed E-state index contributed by atoms with van der Waals surface area (Å²) in [5.74, 6) is 0. The van der Waals surface area contributed by atoms with Crippen molar-refractivity contribution in [3.63, 3.8) is 0 Å². The van der Waals surface area contributed by atoms with Crippen LogP contribution >= 0.6 is 0 Å². The third-order valence-corrected chi connectivity index (χ3v) is 16.3. The van der Waals surface area contributed by atoms with Crippen LogP contribution < -0.4 is 4.90 Å². The Kier molecular flexibility index (Phi) is 8.08. The van der Waals surface area contributed by atoms with Crippen LogP contribution in [0.2, 0.25) is 0 Å². The van der Waals surface area contributed by atoms with E-state index in [9.17, 15) is 0 Å². The summed E-state index contributed by atoms with van der Waals surface area (Å²) in [4.78, 5) is 2.46. The molecule has 1 atom stereocenters. The maximum absolute atomic E-state index is 2.54. The van der Waals surface area contributed by atoms with Gasteiger partial charge >= 0.3 is 0 Å². The fraction of sp³-hybridized carbons (Fsp3) is 0.104. The van der Waals surface area contributed by atoms with E-state index in [2.05, 4.69) is 257 Å². The Bertz CT molecular complexity index is 3740. The first-order valence-electron chi connectivity index (χ1n) is 24.2. The van der Waals surface area contributed by atoms with Crippen LogP contribution in [0.5, 0.6) is 0 Å². The lowest BCUT2D eigenvalue weighted by Crippen LogP contribution is -2.26. The van der Waals surface area contributed by atoms with Crippen LogP contribution in [-0.4, -0.2) is 0 Å². The van der Waals surface area contributed by atoms with Crippen molar-refractivity contribution in [3.8, 4) is 66.8 Å². The van der Waals surface area contributed by atoms with E-state index < -0.39 is 5.41 Å². The van der Waals surface area contributed by atoms with Gasteiger partial charge in [-0.1, -0.05) is 204 Å². The number of para-hydroxylation sites is 1. The average molecular weight is 868 g/mol. The van der Waals surface area contributed by atoms with E-state index in [1.54, 1.807) is 0 Å². The van der Waals surface area contributed by atoms with E-state index in [-0.39, 0.29) is 10.8 Å². The maximum atomic E-state index is 2.54. The summed E-state index contributed by atoms with van der Waals surface area (Å²) >= 11 is 0. The molecule has 10 aromatic rings. The molecule has 4 aliphatic carbocycles. The predicted molar refractivity (Wildman–Crippen MR) is 283 cm³/mol. The topological polar surface area (TPSA) is 3.24 Å². The second-order valence-electron chi connectivity index (χ2n) is 20.4. The van der Waals surface area contributed by atoms with E-state index in [1.165, 1.54) is 111 Å². The van der Waals surface area contributed by atoms with E-state index in [0.717, 1.165) is 17.1 Å². The summed E-state index contributed by atoms with van der Waals surface area (Å²) < 4.78 is 0. The van der Waals surface area contributed by atoms with Crippen molar-refractivity contribution < 1.29 is 0 Å². The normalized spacial score (nSPS) is 16.5. The number of hydrogen-bond donors (Lipinski definition) is 0. The van der Waals surface area contributed by atoms with Crippen LogP contribution in [0, 0.1) is 0 Å². The lowest BCUT2D eigenvalue weighted by atomic mass is 9.69. The molecule has 0 saturated heterocycles. The number of rotatable bonds is 5. The summed E-state index contributed by atoms with van der Waals surface area (Å²) in [7, 11) is 0. The highest BCUT2D eigenvalue weighted by atomic mass is 15.1. The highest BCUT2D eigenvalue weighted by molar-refractivity contribution is 6.03. The Morgan fingerprint density at radius 3 is 1.43 bits per heavy atom. The van der Waals surface area contributed by atoms with Gasteiger partial charge in [-0.15, -0.1) is 0 Å². The summed E-state index contributed by atoms with van der Waals surface area (Å²) in [6, 6.07) is 84.9. The first kappa shape index (κ1) is 39.2. The quantitative estimate of drug-likeness (QED) is 0.167. The third-order valence-electron chi connectivity index (χ3n) is 16.3. The van der Waals surface area contributed by atoms with Crippen LogP contribution in [-0.2, 0) is 16.2 Å². The molecule has 14 rings (SSSR count). The number of nitrogens with zero attached hydrogens (tertiary/aromatic N) is 1. The molecule has 322 valence electrons. The van der Waals surface area contributed by atoms with Gasteiger partial charge < -0.3 is 4.90 Å². The molecule has 0 saturated carbocycles. The number of fused-ring (bicyclic) bond motifs is 17. The Balaban J connectivity index is 1.01. The molecule has 1 unspecified atom stereocenters. The van der Waals surface area contributed by atoms with Gasteiger partial charge in [0.2, 0.25) is 0 Å². The summed E-state index contributed by atoms with van der Waals surface area (Å²) in [5, 5.41) is 0. The first-order valence-corrected chi connectivity index (χ1v) is 24.2. The molecule has 0 radical (unpaired) electrons. The molecule has 0 amide bonds. The van der Waals surface area contributed by atoms with Gasteiger partial charge in [-0.2, -0.15) is 0 Å². The number of hydrogen-bond acceptors (Lipinski definition) is 1. The van der Waals surface area contributed by atoms with Gasteiger partial charge in [-0.25, -0.2) is 0 Å². The van der Waals surface area contributed by atoms with Crippen LogP contribution in [0.3, 0.4) is 0 Å². The second-order valence-corrected chi connectivity index (χ2v) is 20.4. The average Bonchev–Trinajstić information content (AvgIpc) is 4.02. The molecule has 0 bridgehead atoms. The Labute approximate surface area is 399 Å². The smallest absolute Gasteiger partial charge is 0.0725 e. The fourth-order valence-corrected chi connectivity index (χ4v) is 13.2. The van der Waals surface area contributed by atoms with Gasteiger partial charge in [-0.05, 0) is 160 Å². The lowest BCUT2D eigenvalue weighted by Gasteiger charge is -2.31. The molecule has 0 aliphatic heterocycles. The van der Waals surface area contributed by atoms with Gasteiger partial charge in [0.05, 0.1) is 5.41 Å². The molecule has 0 heterocycles. The van der Waals surface area contributed by atoms with E-state index in [1.807, 2.05) is 0 Å². The van der Waals surface area contributed by atoms with E-state index in [0.29, 0.717) is 0 Å². The molecule has 68 heavy (non-hydrogen) atoms. The van der Waals surface area contributed by atoms with Crippen molar-refractivity contribution in [2.45, 2.75) is 43.9 Å². The van der Waals surface area contributed by atoms with E-state index >= 15 is 0 Å². The van der Waals surface area contributed by atoms with Crippen LogP contribution in [0.1, 0.15) is 72.2 Å². The van der Waals surface area contributed by atoms with Crippen molar-refractivity contribution in [2.75, 3.05) is 4.90 Å². The molecule has 0 aromatic heterocycles. The highest BCUT2D eigenvalue weighted by Crippen LogP contribution is 2.66. The molecule has 0 N–H and O–H groups in total. The van der Waals surface area contributed by atoms with Gasteiger partial charge in [0.1, 0.15) is 0 Å². The molecular weight excluding hydrogens is 819 g/mol. The van der Waals surface area contributed by atoms with Crippen molar-refractivity contribution in [1.29, 1.82) is 0 Å². The minimum Gasteiger partial charge on any atom is -0.310 e. The summed E-state index contributed by atoms with van der Waals surface area (Å²) in [6.45, 7) is 9.53. The Morgan fingerprint density at radius 1 is 0.250 bits per heavy atom. The van der Waals surface area contributed by atoms with Gasteiger partial charge in [-0.3, -0.25) is 0 Å². The van der Waals surface area contributed by atoms with Gasteiger partial charge in [0.25, 0.3) is 0 Å².